The molecule has 0 bridgehead atoms. The van der Waals surface area contributed by atoms with Crippen molar-refractivity contribution in [3.63, 3.8) is 0 Å². The van der Waals surface area contributed by atoms with E-state index < -0.39 is 0 Å². The van der Waals surface area contributed by atoms with E-state index in [4.69, 9.17) is 14.2 Å². The van der Waals surface area contributed by atoms with Crippen LogP contribution in [0.25, 0.3) is 5.57 Å². The number of methoxy groups -OCH3 is 1. The van der Waals surface area contributed by atoms with Gasteiger partial charge in [-0.3, -0.25) is 4.79 Å². The standard InChI is InChI=1S/C21H22O4/c1-15-6-5-9-21(18(15)12-22)25-13-16-10-11-24-14-19(16)17-7-3-4-8-20(17)23-2/h3-9,12H,10-11,13-14H2,1-2H3. The molecule has 0 atom stereocenters. The van der Waals surface area contributed by atoms with Crippen LogP contribution in [0.2, 0.25) is 0 Å². The summed E-state index contributed by atoms with van der Waals surface area (Å²) in [6.45, 7) is 3.55. The van der Waals surface area contributed by atoms with E-state index in [0.717, 1.165) is 35.2 Å². The predicted molar refractivity (Wildman–Crippen MR) is 97.4 cm³/mol. The molecular formula is C21H22O4. The fourth-order valence-corrected chi connectivity index (χ4v) is 3.04. The molecule has 25 heavy (non-hydrogen) atoms. The number of aldehydes is 1. The Balaban J connectivity index is 1.90. The Bertz CT molecular complexity index is 792. The van der Waals surface area contributed by atoms with Crippen molar-refractivity contribution in [2.75, 3.05) is 26.9 Å². The number of hydrogen-bond acceptors (Lipinski definition) is 4. The van der Waals surface area contributed by atoms with Gasteiger partial charge in [-0.05, 0) is 42.2 Å². The smallest absolute Gasteiger partial charge is 0.154 e. The van der Waals surface area contributed by atoms with Crippen molar-refractivity contribution in [2.24, 2.45) is 0 Å². The van der Waals surface area contributed by atoms with Gasteiger partial charge in [-0.15, -0.1) is 0 Å². The van der Waals surface area contributed by atoms with Gasteiger partial charge in [-0.1, -0.05) is 30.3 Å². The van der Waals surface area contributed by atoms with Gasteiger partial charge >= 0.3 is 0 Å². The number of benzene rings is 2. The molecule has 2 aromatic carbocycles. The topological polar surface area (TPSA) is 44.8 Å². The van der Waals surface area contributed by atoms with Crippen LogP contribution in [0.3, 0.4) is 0 Å². The van der Waals surface area contributed by atoms with Gasteiger partial charge in [0, 0.05) is 5.56 Å². The third-order valence-electron chi connectivity index (χ3n) is 4.46. The van der Waals surface area contributed by atoms with Crippen LogP contribution < -0.4 is 9.47 Å². The summed E-state index contributed by atoms with van der Waals surface area (Å²) in [6, 6.07) is 13.6. The minimum atomic E-state index is 0.432. The molecule has 1 heterocycles. The molecule has 0 unspecified atom stereocenters. The Kier molecular flexibility index (Phi) is 5.51. The maximum atomic E-state index is 11.3. The molecule has 130 valence electrons. The molecule has 4 heteroatoms. The van der Waals surface area contributed by atoms with Crippen molar-refractivity contribution in [1.29, 1.82) is 0 Å². The minimum absolute atomic E-state index is 0.432. The molecule has 0 radical (unpaired) electrons. The summed E-state index contributed by atoms with van der Waals surface area (Å²) < 4.78 is 17.1. The first-order valence-corrected chi connectivity index (χ1v) is 8.34. The molecule has 2 aromatic rings. The number of hydrogen-bond donors (Lipinski definition) is 0. The minimum Gasteiger partial charge on any atom is -0.496 e. The molecule has 0 saturated carbocycles. The monoisotopic (exact) mass is 338 g/mol. The highest BCUT2D eigenvalue weighted by molar-refractivity contribution is 5.81. The van der Waals surface area contributed by atoms with Gasteiger partial charge in [-0.25, -0.2) is 0 Å². The predicted octanol–water partition coefficient (Wildman–Crippen LogP) is 4.07. The molecule has 0 fully saturated rings. The van der Waals surface area contributed by atoms with Crippen molar-refractivity contribution in [3.05, 3.63) is 64.7 Å². The summed E-state index contributed by atoms with van der Waals surface area (Å²) in [7, 11) is 1.67. The van der Waals surface area contributed by atoms with Gasteiger partial charge in [0.05, 0.1) is 25.9 Å². The SMILES string of the molecule is COc1ccccc1C1=C(COc2cccc(C)c2C=O)CCOC1. The first-order chi connectivity index (χ1) is 12.2. The second-order valence-corrected chi connectivity index (χ2v) is 5.98. The van der Waals surface area contributed by atoms with Crippen LogP contribution in [-0.4, -0.2) is 33.2 Å². The zero-order chi connectivity index (χ0) is 17.6. The zero-order valence-corrected chi connectivity index (χ0v) is 14.6. The molecule has 1 aliphatic heterocycles. The summed E-state index contributed by atoms with van der Waals surface area (Å²) in [6.07, 6.45) is 1.65. The van der Waals surface area contributed by atoms with Gasteiger partial charge < -0.3 is 14.2 Å². The average molecular weight is 338 g/mol. The van der Waals surface area contributed by atoms with E-state index >= 15 is 0 Å². The normalized spacial score (nSPS) is 14.3. The van der Waals surface area contributed by atoms with E-state index in [2.05, 4.69) is 0 Å². The molecule has 0 amide bonds. The van der Waals surface area contributed by atoms with Gasteiger partial charge in [0.2, 0.25) is 0 Å². The highest BCUT2D eigenvalue weighted by Gasteiger charge is 2.19. The fourth-order valence-electron chi connectivity index (χ4n) is 3.04. The van der Waals surface area contributed by atoms with Crippen LogP contribution in [-0.2, 0) is 4.74 Å². The zero-order valence-electron chi connectivity index (χ0n) is 14.6. The summed E-state index contributed by atoms with van der Waals surface area (Å²) >= 11 is 0. The van der Waals surface area contributed by atoms with Crippen molar-refractivity contribution in [3.8, 4) is 11.5 Å². The molecule has 0 aliphatic carbocycles. The van der Waals surface area contributed by atoms with Crippen LogP contribution >= 0.6 is 0 Å². The first kappa shape index (κ1) is 17.2. The first-order valence-electron chi connectivity index (χ1n) is 8.34. The Hall–Kier alpha value is -2.59. The van der Waals surface area contributed by atoms with Gasteiger partial charge in [0.25, 0.3) is 0 Å². The maximum Gasteiger partial charge on any atom is 0.154 e. The van der Waals surface area contributed by atoms with E-state index in [1.54, 1.807) is 7.11 Å². The Morgan fingerprint density at radius 2 is 1.92 bits per heavy atom. The van der Waals surface area contributed by atoms with E-state index in [1.807, 2.05) is 49.4 Å². The van der Waals surface area contributed by atoms with E-state index in [0.29, 0.717) is 31.1 Å². The maximum absolute atomic E-state index is 11.3. The Labute approximate surface area is 148 Å². The van der Waals surface area contributed by atoms with E-state index in [1.165, 1.54) is 5.57 Å². The second-order valence-electron chi connectivity index (χ2n) is 5.98. The van der Waals surface area contributed by atoms with Gasteiger partial charge in [0.15, 0.2) is 6.29 Å². The lowest BCUT2D eigenvalue weighted by Crippen LogP contribution is -2.16. The lowest BCUT2D eigenvalue weighted by atomic mass is 9.96. The Morgan fingerprint density at radius 1 is 1.12 bits per heavy atom. The van der Waals surface area contributed by atoms with Crippen LogP contribution in [0.4, 0.5) is 0 Å². The van der Waals surface area contributed by atoms with Crippen LogP contribution in [0.1, 0.15) is 27.9 Å². The summed E-state index contributed by atoms with van der Waals surface area (Å²) in [5.74, 6) is 1.44. The second kappa shape index (κ2) is 7.99. The van der Waals surface area contributed by atoms with Crippen molar-refractivity contribution in [1.82, 2.24) is 0 Å². The third kappa shape index (κ3) is 3.74. The summed E-state index contributed by atoms with van der Waals surface area (Å²) in [5, 5.41) is 0. The lowest BCUT2D eigenvalue weighted by molar-refractivity contribution is 0.111. The van der Waals surface area contributed by atoms with Crippen molar-refractivity contribution >= 4 is 11.9 Å². The molecule has 3 rings (SSSR count). The molecule has 1 aliphatic rings. The molecule has 0 saturated heterocycles. The molecular weight excluding hydrogens is 316 g/mol. The highest BCUT2D eigenvalue weighted by Crippen LogP contribution is 2.32. The van der Waals surface area contributed by atoms with Crippen LogP contribution in [0, 0.1) is 6.92 Å². The largest absolute Gasteiger partial charge is 0.496 e. The molecule has 4 nitrogen and oxygen atoms in total. The highest BCUT2D eigenvalue weighted by atomic mass is 16.5. The third-order valence-corrected chi connectivity index (χ3v) is 4.46. The summed E-state index contributed by atoms with van der Waals surface area (Å²) in [4.78, 5) is 11.3. The molecule has 0 aromatic heterocycles. The average Bonchev–Trinajstić information content (AvgIpc) is 2.66. The van der Waals surface area contributed by atoms with Gasteiger partial charge in [-0.2, -0.15) is 0 Å². The quantitative estimate of drug-likeness (QED) is 0.745. The number of carbonyl (C=O) groups excluding carboxylic acids is 1. The van der Waals surface area contributed by atoms with E-state index in [-0.39, 0.29) is 0 Å². The number of ether oxygens (including phenoxy) is 3. The number of rotatable bonds is 6. The number of para-hydroxylation sites is 1. The van der Waals surface area contributed by atoms with Crippen LogP contribution in [0.15, 0.2) is 48.0 Å². The van der Waals surface area contributed by atoms with Gasteiger partial charge in [0.1, 0.15) is 18.1 Å². The van der Waals surface area contributed by atoms with Crippen LogP contribution in [0.5, 0.6) is 11.5 Å². The van der Waals surface area contributed by atoms with E-state index in [9.17, 15) is 4.79 Å². The Morgan fingerprint density at radius 3 is 2.72 bits per heavy atom. The lowest BCUT2D eigenvalue weighted by Gasteiger charge is -2.23. The fraction of sp³-hybridized carbons (Fsp3) is 0.286. The molecule has 0 N–H and O–H groups in total. The number of carbonyl (C=O) groups is 1. The summed E-state index contributed by atoms with van der Waals surface area (Å²) in [5.41, 5.74) is 4.83. The van der Waals surface area contributed by atoms with Crippen molar-refractivity contribution < 1.29 is 19.0 Å². The van der Waals surface area contributed by atoms with Crippen molar-refractivity contribution in [2.45, 2.75) is 13.3 Å². The molecule has 0 spiro atoms. The number of aryl methyl sites for hydroxylation is 1.